The van der Waals surface area contributed by atoms with Crippen molar-refractivity contribution in [1.29, 1.82) is 0 Å². The van der Waals surface area contributed by atoms with E-state index in [4.69, 9.17) is 5.73 Å². The van der Waals surface area contributed by atoms with Gasteiger partial charge in [0, 0.05) is 34.7 Å². The molecule has 2 aromatic carbocycles. The number of carbonyl (C=O) groups excluding carboxylic acids is 1. The number of pyridine rings is 1. The summed E-state index contributed by atoms with van der Waals surface area (Å²) < 4.78 is 3.33. The maximum atomic E-state index is 13.1. The standard InChI is InChI=1S/C31H30N6O3/c1-19-4-12-23(13-5-19)36-16-2-3-25(31(36)40)30(39)35-22-10-6-20(7-11-22)26-17-27(21-8-14-24(38)15-9-21)37-28(26)29(32)33-18-34-37/h2-7,10-13,16-18,21,24,38H,8-9,14-15H2,1H3,(H,35,39)(H2,32,33,34). The number of hydrogen-bond acceptors (Lipinski definition) is 6. The Bertz CT molecular complexity index is 1750. The Morgan fingerprint density at radius 2 is 1.75 bits per heavy atom. The summed E-state index contributed by atoms with van der Waals surface area (Å²) in [5.74, 6) is 0.179. The molecule has 0 radical (unpaired) electrons. The maximum Gasteiger partial charge on any atom is 0.267 e. The SMILES string of the molecule is Cc1ccc(-n2cccc(C(=O)Nc3ccc(-c4cc(C5CCC(O)CC5)n5ncnc(N)c45)cc3)c2=O)cc1. The number of fused-ring (bicyclic) bond motifs is 1. The Morgan fingerprint density at radius 3 is 2.48 bits per heavy atom. The fourth-order valence-corrected chi connectivity index (χ4v) is 5.48. The maximum absolute atomic E-state index is 13.1. The van der Waals surface area contributed by atoms with E-state index in [2.05, 4.69) is 21.5 Å². The molecule has 1 amide bonds. The Morgan fingerprint density at radius 1 is 1.02 bits per heavy atom. The van der Waals surface area contributed by atoms with Gasteiger partial charge in [0.2, 0.25) is 0 Å². The minimum absolute atomic E-state index is 0.0535. The van der Waals surface area contributed by atoms with Crippen molar-refractivity contribution < 1.29 is 9.90 Å². The first-order valence-electron chi connectivity index (χ1n) is 13.4. The van der Waals surface area contributed by atoms with Gasteiger partial charge < -0.3 is 16.2 Å². The van der Waals surface area contributed by atoms with E-state index >= 15 is 0 Å². The summed E-state index contributed by atoms with van der Waals surface area (Å²) in [4.78, 5) is 30.4. The molecule has 3 heterocycles. The summed E-state index contributed by atoms with van der Waals surface area (Å²) in [7, 11) is 0. The van der Waals surface area contributed by atoms with Gasteiger partial charge in [-0.05, 0) is 80.6 Å². The Balaban J connectivity index is 1.27. The molecule has 4 N–H and O–H groups in total. The summed E-state index contributed by atoms with van der Waals surface area (Å²) in [5, 5.41) is 17.3. The van der Waals surface area contributed by atoms with E-state index in [1.165, 1.54) is 17.0 Å². The summed E-state index contributed by atoms with van der Waals surface area (Å²) in [5.41, 5.74) is 11.9. The average Bonchev–Trinajstić information content (AvgIpc) is 3.35. The van der Waals surface area contributed by atoms with E-state index in [1.807, 2.05) is 47.8 Å². The molecule has 6 rings (SSSR count). The Labute approximate surface area is 230 Å². The Kier molecular flexibility index (Phi) is 6.65. The minimum Gasteiger partial charge on any atom is -0.393 e. The number of nitrogens with one attached hydrogen (secondary N) is 1. The molecule has 9 nitrogen and oxygen atoms in total. The number of carbonyl (C=O) groups is 1. The van der Waals surface area contributed by atoms with Crippen LogP contribution in [0.5, 0.6) is 0 Å². The van der Waals surface area contributed by atoms with Crippen LogP contribution in [0.1, 0.15) is 53.2 Å². The molecule has 0 bridgehead atoms. The van der Waals surface area contributed by atoms with Gasteiger partial charge in [0.05, 0.1) is 6.10 Å². The van der Waals surface area contributed by atoms with Crippen molar-refractivity contribution in [2.45, 2.75) is 44.6 Å². The summed E-state index contributed by atoms with van der Waals surface area (Å²) >= 11 is 0. The third-order valence-electron chi connectivity index (χ3n) is 7.68. The van der Waals surface area contributed by atoms with Crippen LogP contribution in [0, 0.1) is 6.92 Å². The van der Waals surface area contributed by atoms with Gasteiger partial charge in [-0.25, -0.2) is 9.50 Å². The van der Waals surface area contributed by atoms with Crippen molar-refractivity contribution in [1.82, 2.24) is 19.2 Å². The highest BCUT2D eigenvalue weighted by molar-refractivity contribution is 6.04. The van der Waals surface area contributed by atoms with Crippen molar-refractivity contribution in [2.24, 2.45) is 0 Å². The molecule has 1 fully saturated rings. The number of anilines is 2. The second kappa shape index (κ2) is 10.4. The number of aryl methyl sites for hydroxylation is 1. The van der Waals surface area contributed by atoms with Crippen LogP contribution in [0.2, 0.25) is 0 Å². The molecule has 5 aromatic rings. The molecule has 1 aliphatic carbocycles. The van der Waals surface area contributed by atoms with E-state index in [0.29, 0.717) is 17.2 Å². The molecular formula is C31H30N6O3. The average molecular weight is 535 g/mol. The van der Waals surface area contributed by atoms with Crippen molar-refractivity contribution >= 4 is 22.9 Å². The van der Waals surface area contributed by atoms with Crippen LogP contribution in [0.3, 0.4) is 0 Å². The van der Waals surface area contributed by atoms with Crippen LogP contribution in [0.15, 0.2) is 84.0 Å². The van der Waals surface area contributed by atoms with Gasteiger partial charge in [0.15, 0.2) is 5.82 Å². The number of aliphatic hydroxyl groups excluding tert-OH is 1. The molecule has 0 saturated heterocycles. The number of nitrogen functional groups attached to an aromatic ring is 1. The van der Waals surface area contributed by atoms with Crippen LogP contribution in [-0.4, -0.2) is 36.3 Å². The lowest BCUT2D eigenvalue weighted by molar-refractivity contribution is 0.102. The van der Waals surface area contributed by atoms with E-state index in [1.54, 1.807) is 24.4 Å². The number of hydrogen-bond donors (Lipinski definition) is 3. The van der Waals surface area contributed by atoms with E-state index in [-0.39, 0.29) is 23.1 Å². The molecule has 0 aliphatic heterocycles. The Hall–Kier alpha value is -4.76. The first-order valence-corrected chi connectivity index (χ1v) is 13.4. The lowest BCUT2D eigenvalue weighted by Gasteiger charge is -2.24. The summed E-state index contributed by atoms with van der Waals surface area (Å²) in [6.07, 6.45) is 6.16. The molecule has 9 heteroatoms. The van der Waals surface area contributed by atoms with Gasteiger partial charge in [-0.2, -0.15) is 5.10 Å². The first kappa shape index (κ1) is 25.5. The predicted molar refractivity (Wildman–Crippen MR) is 155 cm³/mol. The monoisotopic (exact) mass is 534 g/mol. The van der Waals surface area contributed by atoms with Crippen LogP contribution < -0.4 is 16.6 Å². The molecule has 1 aliphatic rings. The highest BCUT2D eigenvalue weighted by Crippen LogP contribution is 2.38. The molecule has 202 valence electrons. The van der Waals surface area contributed by atoms with Crippen molar-refractivity contribution in [3.8, 4) is 16.8 Å². The fourth-order valence-electron chi connectivity index (χ4n) is 5.48. The lowest BCUT2D eigenvalue weighted by Crippen LogP contribution is -2.27. The zero-order valence-corrected chi connectivity index (χ0v) is 22.1. The number of nitrogens with two attached hydrogens (primary N) is 1. The fraction of sp³-hybridized carbons (Fsp3) is 0.226. The van der Waals surface area contributed by atoms with Gasteiger partial charge in [0.1, 0.15) is 17.4 Å². The van der Waals surface area contributed by atoms with Gasteiger partial charge in [-0.3, -0.25) is 14.2 Å². The quantitative estimate of drug-likeness (QED) is 0.300. The van der Waals surface area contributed by atoms with E-state index < -0.39 is 5.91 Å². The zero-order chi connectivity index (χ0) is 27.8. The summed E-state index contributed by atoms with van der Waals surface area (Å²) in [6, 6.07) is 20.3. The smallest absolute Gasteiger partial charge is 0.267 e. The number of amides is 1. The zero-order valence-electron chi connectivity index (χ0n) is 22.1. The van der Waals surface area contributed by atoms with Crippen molar-refractivity contribution in [3.05, 3.63) is 106 Å². The third-order valence-corrected chi connectivity index (χ3v) is 7.68. The molecular weight excluding hydrogens is 504 g/mol. The first-order chi connectivity index (χ1) is 19.4. The van der Waals surface area contributed by atoms with Crippen LogP contribution in [0.25, 0.3) is 22.3 Å². The molecule has 1 saturated carbocycles. The third kappa shape index (κ3) is 4.76. The van der Waals surface area contributed by atoms with Gasteiger partial charge in [-0.1, -0.05) is 29.8 Å². The number of aromatic nitrogens is 4. The highest BCUT2D eigenvalue weighted by atomic mass is 16.3. The molecule has 3 aromatic heterocycles. The van der Waals surface area contributed by atoms with Crippen LogP contribution in [-0.2, 0) is 0 Å². The van der Waals surface area contributed by atoms with Gasteiger partial charge in [0.25, 0.3) is 11.5 Å². The predicted octanol–water partition coefficient (Wildman–Crippen LogP) is 4.71. The van der Waals surface area contributed by atoms with Crippen molar-refractivity contribution in [3.63, 3.8) is 0 Å². The van der Waals surface area contributed by atoms with Crippen LogP contribution in [0.4, 0.5) is 11.5 Å². The van der Waals surface area contributed by atoms with Gasteiger partial charge >= 0.3 is 0 Å². The summed E-state index contributed by atoms with van der Waals surface area (Å²) in [6.45, 7) is 1.98. The van der Waals surface area contributed by atoms with E-state index in [0.717, 1.165) is 53.6 Å². The normalized spacial score (nSPS) is 17.1. The largest absolute Gasteiger partial charge is 0.393 e. The molecule has 40 heavy (non-hydrogen) atoms. The number of nitrogens with zero attached hydrogens (tertiary/aromatic N) is 4. The molecule has 0 unspecified atom stereocenters. The topological polar surface area (TPSA) is 128 Å². The number of aliphatic hydroxyl groups is 1. The van der Waals surface area contributed by atoms with Gasteiger partial charge in [-0.15, -0.1) is 0 Å². The second-order valence-electron chi connectivity index (χ2n) is 10.4. The lowest BCUT2D eigenvalue weighted by atomic mass is 9.85. The second-order valence-corrected chi connectivity index (χ2v) is 10.4. The number of benzene rings is 2. The van der Waals surface area contributed by atoms with Crippen molar-refractivity contribution in [2.75, 3.05) is 11.1 Å². The minimum atomic E-state index is -0.479. The molecule has 0 spiro atoms. The highest BCUT2D eigenvalue weighted by Gasteiger charge is 2.26. The van der Waals surface area contributed by atoms with Crippen LogP contribution >= 0.6 is 0 Å². The number of rotatable bonds is 5. The van der Waals surface area contributed by atoms with E-state index in [9.17, 15) is 14.7 Å². The molecule has 0 atom stereocenters.